The van der Waals surface area contributed by atoms with E-state index in [1.165, 1.54) is 6.07 Å². The first-order valence-corrected chi connectivity index (χ1v) is 7.02. The van der Waals surface area contributed by atoms with Crippen molar-refractivity contribution >= 4 is 17.6 Å². The Balaban J connectivity index is 2.13. The van der Waals surface area contributed by atoms with Gasteiger partial charge in [0.05, 0.1) is 10.9 Å². The van der Waals surface area contributed by atoms with E-state index in [0.29, 0.717) is 12.3 Å². The van der Waals surface area contributed by atoms with E-state index in [9.17, 15) is 14.3 Å². The van der Waals surface area contributed by atoms with Gasteiger partial charge >= 0.3 is 5.97 Å². The molecule has 0 amide bonds. The highest BCUT2D eigenvalue weighted by Crippen LogP contribution is 2.36. The largest absolute Gasteiger partial charge is 0.481 e. The molecule has 1 saturated carbocycles. The maximum atomic E-state index is 13.1. The summed E-state index contributed by atoms with van der Waals surface area (Å²) in [5.41, 5.74) is 0.914. The van der Waals surface area contributed by atoms with Crippen molar-refractivity contribution < 1.29 is 14.3 Å². The van der Waals surface area contributed by atoms with Gasteiger partial charge in [0.2, 0.25) is 0 Å². The van der Waals surface area contributed by atoms with Crippen LogP contribution in [0.4, 0.5) is 4.39 Å². The number of rotatable bonds is 3. The number of halogens is 2. The molecule has 0 aliphatic heterocycles. The Bertz CT molecular complexity index is 475. The molecule has 1 aliphatic rings. The molecule has 1 fully saturated rings. The number of aliphatic carboxylic acids is 1. The SMILES string of the molecule is CC1CCC(C(=O)O)C(Cc2ccc(F)c(Cl)c2)C1. The van der Waals surface area contributed by atoms with Crippen molar-refractivity contribution in [1.82, 2.24) is 0 Å². The zero-order chi connectivity index (χ0) is 14.0. The first kappa shape index (κ1) is 14.3. The fourth-order valence-corrected chi connectivity index (χ4v) is 3.22. The summed E-state index contributed by atoms with van der Waals surface area (Å²) in [6.45, 7) is 2.16. The minimum atomic E-state index is -0.717. The van der Waals surface area contributed by atoms with Gasteiger partial charge in [0.15, 0.2) is 0 Å². The first-order valence-electron chi connectivity index (χ1n) is 6.64. The third-order valence-electron chi connectivity index (χ3n) is 4.04. The molecule has 0 spiro atoms. The molecule has 1 aliphatic carbocycles. The number of carboxylic acids is 1. The van der Waals surface area contributed by atoms with Crippen molar-refractivity contribution in [2.45, 2.75) is 32.6 Å². The van der Waals surface area contributed by atoms with Crippen molar-refractivity contribution in [2.75, 3.05) is 0 Å². The molecule has 1 N–H and O–H groups in total. The highest BCUT2D eigenvalue weighted by Gasteiger charge is 2.33. The Kier molecular flexibility index (Phi) is 4.46. The topological polar surface area (TPSA) is 37.3 Å². The van der Waals surface area contributed by atoms with E-state index in [1.807, 2.05) is 0 Å². The molecule has 3 unspecified atom stereocenters. The Morgan fingerprint density at radius 3 is 2.84 bits per heavy atom. The number of hydrogen-bond acceptors (Lipinski definition) is 1. The molecule has 3 atom stereocenters. The summed E-state index contributed by atoms with van der Waals surface area (Å²) in [7, 11) is 0. The Labute approximate surface area is 117 Å². The lowest BCUT2D eigenvalue weighted by molar-refractivity contribution is -0.145. The first-order chi connectivity index (χ1) is 8.97. The fourth-order valence-electron chi connectivity index (χ4n) is 3.02. The van der Waals surface area contributed by atoms with Gasteiger partial charge in [-0.2, -0.15) is 0 Å². The van der Waals surface area contributed by atoms with Crippen molar-refractivity contribution in [1.29, 1.82) is 0 Å². The van der Waals surface area contributed by atoms with Gasteiger partial charge in [0.25, 0.3) is 0 Å². The molecular weight excluding hydrogens is 267 g/mol. The average Bonchev–Trinajstić information content (AvgIpc) is 2.33. The van der Waals surface area contributed by atoms with Crippen LogP contribution in [0.2, 0.25) is 5.02 Å². The van der Waals surface area contributed by atoms with Crippen molar-refractivity contribution in [3.63, 3.8) is 0 Å². The van der Waals surface area contributed by atoms with E-state index < -0.39 is 11.8 Å². The van der Waals surface area contributed by atoms with Crippen LogP contribution >= 0.6 is 11.6 Å². The molecule has 0 saturated heterocycles. The van der Waals surface area contributed by atoms with Gasteiger partial charge in [0, 0.05) is 0 Å². The monoisotopic (exact) mass is 284 g/mol. The third-order valence-corrected chi connectivity index (χ3v) is 4.33. The number of benzene rings is 1. The molecule has 0 radical (unpaired) electrons. The van der Waals surface area contributed by atoms with E-state index in [1.54, 1.807) is 12.1 Å². The van der Waals surface area contributed by atoms with E-state index in [0.717, 1.165) is 24.8 Å². The summed E-state index contributed by atoms with van der Waals surface area (Å²) >= 11 is 5.77. The number of carboxylic acid groups (broad SMARTS) is 1. The second-order valence-electron chi connectivity index (χ2n) is 5.58. The molecule has 4 heteroatoms. The van der Waals surface area contributed by atoms with Crippen molar-refractivity contribution in [2.24, 2.45) is 17.8 Å². The number of carbonyl (C=O) groups is 1. The molecule has 2 nitrogen and oxygen atoms in total. The standard InChI is InChI=1S/C15H18ClFO2/c1-9-2-4-12(15(18)19)11(6-9)7-10-3-5-14(17)13(16)8-10/h3,5,8-9,11-12H,2,4,6-7H2,1H3,(H,18,19). The summed E-state index contributed by atoms with van der Waals surface area (Å²) in [6, 6.07) is 4.65. The lowest BCUT2D eigenvalue weighted by atomic mass is 9.72. The maximum Gasteiger partial charge on any atom is 0.306 e. The average molecular weight is 285 g/mol. The van der Waals surface area contributed by atoms with Crippen LogP contribution in [0.25, 0.3) is 0 Å². The molecule has 0 aromatic heterocycles. The second-order valence-corrected chi connectivity index (χ2v) is 5.98. The van der Waals surface area contributed by atoms with Crippen LogP contribution < -0.4 is 0 Å². The smallest absolute Gasteiger partial charge is 0.306 e. The second kappa shape index (κ2) is 5.91. The summed E-state index contributed by atoms with van der Waals surface area (Å²) in [4.78, 5) is 11.3. The molecule has 19 heavy (non-hydrogen) atoms. The van der Waals surface area contributed by atoms with Crippen molar-refractivity contribution in [3.05, 3.63) is 34.6 Å². The summed E-state index contributed by atoms with van der Waals surface area (Å²) < 4.78 is 13.1. The van der Waals surface area contributed by atoms with E-state index >= 15 is 0 Å². The Morgan fingerprint density at radius 2 is 2.21 bits per heavy atom. The van der Waals surface area contributed by atoms with Gasteiger partial charge in [-0.15, -0.1) is 0 Å². The number of hydrogen-bond donors (Lipinski definition) is 1. The minimum Gasteiger partial charge on any atom is -0.481 e. The van der Waals surface area contributed by atoms with Crippen LogP contribution in [0, 0.1) is 23.6 Å². The zero-order valence-corrected chi connectivity index (χ0v) is 11.7. The van der Waals surface area contributed by atoms with Crippen LogP contribution in [-0.2, 0) is 11.2 Å². The van der Waals surface area contributed by atoms with E-state index in [4.69, 9.17) is 11.6 Å². The van der Waals surface area contributed by atoms with E-state index in [-0.39, 0.29) is 16.9 Å². The van der Waals surface area contributed by atoms with Gasteiger partial charge in [-0.1, -0.05) is 24.6 Å². The van der Waals surface area contributed by atoms with Crippen LogP contribution in [0.5, 0.6) is 0 Å². The Hall–Kier alpha value is -1.09. The van der Waals surface area contributed by atoms with Crippen LogP contribution in [0.3, 0.4) is 0 Å². The van der Waals surface area contributed by atoms with Gasteiger partial charge < -0.3 is 5.11 Å². The highest BCUT2D eigenvalue weighted by molar-refractivity contribution is 6.30. The zero-order valence-electron chi connectivity index (χ0n) is 10.9. The van der Waals surface area contributed by atoms with Gasteiger partial charge in [0.1, 0.15) is 5.82 Å². The molecule has 1 aromatic carbocycles. The molecule has 2 rings (SSSR count). The fraction of sp³-hybridized carbons (Fsp3) is 0.533. The van der Waals surface area contributed by atoms with Crippen LogP contribution in [0.15, 0.2) is 18.2 Å². The van der Waals surface area contributed by atoms with Gasteiger partial charge in [-0.3, -0.25) is 4.79 Å². The molecule has 104 valence electrons. The lowest BCUT2D eigenvalue weighted by Gasteiger charge is -2.32. The van der Waals surface area contributed by atoms with E-state index in [2.05, 4.69) is 6.92 Å². The predicted octanol–water partition coefficient (Wildman–Crippen LogP) is 4.16. The molecular formula is C15H18ClFO2. The van der Waals surface area contributed by atoms with Crippen LogP contribution in [-0.4, -0.2) is 11.1 Å². The highest BCUT2D eigenvalue weighted by atomic mass is 35.5. The lowest BCUT2D eigenvalue weighted by Crippen LogP contribution is -2.31. The summed E-state index contributed by atoms with van der Waals surface area (Å²) in [5, 5.41) is 9.39. The predicted molar refractivity (Wildman–Crippen MR) is 72.7 cm³/mol. The molecule has 0 bridgehead atoms. The summed E-state index contributed by atoms with van der Waals surface area (Å²) in [5.74, 6) is -0.776. The summed E-state index contributed by atoms with van der Waals surface area (Å²) in [6.07, 6.45) is 3.26. The van der Waals surface area contributed by atoms with Crippen molar-refractivity contribution in [3.8, 4) is 0 Å². The Morgan fingerprint density at radius 1 is 1.47 bits per heavy atom. The maximum absolute atomic E-state index is 13.1. The molecule has 1 aromatic rings. The minimum absolute atomic E-state index is 0.105. The molecule has 0 heterocycles. The van der Waals surface area contributed by atoms with Gasteiger partial charge in [-0.25, -0.2) is 4.39 Å². The van der Waals surface area contributed by atoms with Crippen LogP contribution in [0.1, 0.15) is 31.7 Å². The normalized spacial score (nSPS) is 27.2. The third kappa shape index (κ3) is 3.47. The van der Waals surface area contributed by atoms with Gasteiger partial charge in [-0.05, 0) is 55.2 Å². The quantitative estimate of drug-likeness (QED) is 0.905.